The molecule has 1 fully saturated rings. The lowest BCUT2D eigenvalue weighted by Gasteiger charge is -2.26. The van der Waals surface area contributed by atoms with Gasteiger partial charge < -0.3 is 10.6 Å². The average molecular weight is 236 g/mol. The molecule has 0 aliphatic carbocycles. The van der Waals surface area contributed by atoms with Crippen LogP contribution in [0.25, 0.3) is 0 Å². The third-order valence-corrected chi connectivity index (χ3v) is 3.23. The van der Waals surface area contributed by atoms with Crippen LogP contribution in [0.1, 0.15) is 38.3 Å². The molecule has 94 valence electrons. The van der Waals surface area contributed by atoms with Crippen LogP contribution >= 0.6 is 0 Å². The lowest BCUT2D eigenvalue weighted by atomic mass is 10.0. The summed E-state index contributed by atoms with van der Waals surface area (Å²) in [6.45, 7) is 5.83. The first-order valence-corrected chi connectivity index (χ1v) is 6.24. The molecule has 1 amide bonds. The molecule has 0 spiro atoms. The molecule has 5 nitrogen and oxygen atoms in total. The van der Waals surface area contributed by atoms with Crippen LogP contribution in [0.2, 0.25) is 0 Å². The minimum atomic E-state index is 0.162. The van der Waals surface area contributed by atoms with Crippen molar-refractivity contribution in [1.29, 1.82) is 0 Å². The van der Waals surface area contributed by atoms with E-state index >= 15 is 0 Å². The highest BCUT2D eigenvalue weighted by Gasteiger charge is 2.20. The van der Waals surface area contributed by atoms with Gasteiger partial charge in [-0.15, -0.1) is 0 Å². The van der Waals surface area contributed by atoms with Crippen molar-refractivity contribution in [2.24, 2.45) is 0 Å². The third kappa shape index (κ3) is 3.06. The summed E-state index contributed by atoms with van der Waals surface area (Å²) in [6.07, 6.45) is 5.51. The van der Waals surface area contributed by atoms with E-state index in [0.717, 1.165) is 19.5 Å². The van der Waals surface area contributed by atoms with Crippen LogP contribution in [0.5, 0.6) is 0 Å². The van der Waals surface area contributed by atoms with Crippen LogP contribution in [0.4, 0.5) is 0 Å². The van der Waals surface area contributed by atoms with Gasteiger partial charge in [0.25, 0.3) is 0 Å². The number of piperidine rings is 1. The van der Waals surface area contributed by atoms with E-state index in [4.69, 9.17) is 0 Å². The number of hydrogen-bond acceptors (Lipinski definition) is 3. The summed E-state index contributed by atoms with van der Waals surface area (Å²) in [5.74, 6) is 0.162. The number of aryl methyl sites for hydroxylation is 1. The van der Waals surface area contributed by atoms with Crippen molar-refractivity contribution in [2.75, 3.05) is 6.54 Å². The van der Waals surface area contributed by atoms with Gasteiger partial charge in [-0.25, -0.2) is 0 Å². The van der Waals surface area contributed by atoms with Gasteiger partial charge in [0.2, 0.25) is 5.91 Å². The lowest BCUT2D eigenvalue weighted by molar-refractivity contribution is -0.122. The van der Waals surface area contributed by atoms with Gasteiger partial charge in [-0.3, -0.25) is 9.48 Å². The Labute approximate surface area is 102 Å². The molecule has 1 aliphatic heterocycles. The van der Waals surface area contributed by atoms with E-state index in [1.54, 1.807) is 0 Å². The van der Waals surface area contributed by atoms with E-state index in [1.807, 2.05) is 10.9 Å². The van der Waals surface area contributed by atoms with Crippen LogP contribution in [-0.2, 0) is 11.3 Å². The minimum Gasteiger partial charge on any atom is -0.355 e. The number of amides is 1. The molecule has 0 aromatic carbocycles. The first-order chi connectivity index (χ1) is 8.19. The quantitative estimate of drug-likeness (QED) is 0.814. The maximum Gasteiger partial charge on any atom is 0.220 e. The standard InChI is InChI=1S/C12H20N4O/c1-3-16-8-10(6-14-16)9(2)15-11-4-5-12(17)13-7-11/h6,8-9,11,15H,3-5,7H2,1-2H3,(H,13,17). The van der Waals surface area contributed by atoms with Crippen LogP contribution in [0.3, 0.4) is 0 Å². The normalized spacial score (nSPS) is 22.2. The molecule has 2 atom stereocenters. The second kappa shape index (κ2) is 5.31. The number of nitrogens with one attached hydrogen (secondary N) is 2. The van der Waals surface area contributed by atoms with E-state index in [2.05, 4.69) is 35.8 Å². The van der Waals surface area contributed by atoms with Gasteiger partial charge in [-0.05, 0) is 20.3 Å². The maximum absolute atomic E-state index is 11.1. The summed E-state index contributed by atoms with van der Waals surface area (Å²) < 4.78 is 1.93. The Morgan fingerprint density at radius 3 is 3.12 bits per heavy atom. The molecule has 1 saturated heterocycles. The van der Waals surface area contributed by atoms with Crippen molar-refractivity contribution in [3.05, 3.63) is 18.0 Å². The van der Waals surface area contributed by atoms with Crippen LogP contribution in [0, 0.1) is 0 Å². The lowest BCUT2D eigenvalue weighted by Crippen LogP contribution is -2.46. The number of carbonyl (C=O) groups is 1. The third-order valence-electron chi connectivity index (χ3n) is 3.23. The number of carbonyl (C=O) groups excluding carboxylic acids is 1. The molecule has 0 saturated carbocycles. The number of aromatic nitrogens is 2. The zero-order valence-corrected chi connectivity index (χ0v) is 10.4. The van der Waals surface area contributed by atoms with Gasteiger partial charge in [0, 0.05) is 43.4 Å². The van der Waals surface area contributed by atoms with Crippen molar-refractivity contribution in [2.45, 2.75) is 45.3 Å². The SMILES string of the molecule is CCn1cc(C(C)NC2CCC(=O)NC2)cn1. The Morgan fingerprint density at radius 1 is 1.71 bits per heavy atom. The summed E-state index contributed by atoms with van der Waals surface area (Å²) in [5, 5.41) is 10.7. The Balaban J connectivity index is 1.88. The smallest absolute Gasteiger partial charge is 0.220 e. The van der Waals surface area contributed by atoms with E-state index in [1.165, 1.54) is 5.56 Å². The van der Waals surface area contributed by atoms with Gasteiger partial charge in [0.05, 0.1) is 6.20 Å². The van der Waals surface area contributed by atoms with Crippen LogP contribution < -0.4 is 10.6 Å². The predicted octanol–water partition coefficient (Wildman–Crippen LogP) is 0.832. The van der Waals surface area contributed by atoms with E-state index in [9.17, 15) is 4.79 Å². The van der Waals surface area contributed by atoms with Crippen molar-refractivity contribution in [3.63, 3.8) is 0 Å². The van der Waals surface area contributed by atoms with E-state index in [0.29, 0.717) is 12.5 Å². The topological polar surface area (TPSA) is 59.0 Å². The highest BCUT2D eigenvalue weighted by atomic mass is 16.1. The van der Waals surface area contributed by atoms with Gasteiger partial charge in [-0.1, -0.05) is 0 Å². The first kappa shape index (κ1) is 12.1. The molecule has 2 unspecified atom stereocenters. The molecule has 1 aromatic heterocycles. The molecular weight excluding hydrogens is 216 g/mol. The molecule has 17 heavy (non-hydrogen) atoms. The Bertz CT molecular complexity index is 378. The number of nitrogens with zero attached hydrogens (tertiary/aromatic N) is 2. The fraction of sp³-hybridized carbons (Fsp3) is 0.667. The summed E-state index contributed by atoms with van der Waals surface area (Å²) >= 11 is 0. The molecule has 0 radical (unpaired) electrons. The van der Waals surface area contributed by atoms with Crippen molar-refractivity contribution < 1.29 is 4.79 Å². The average Bonchev–Trinajstić information content (AvgIpc) is 2.81. The molecular formula is C12H20N4O. The minimum absolute atomic E-state index is 0.162. The highest BCUT2D eigenvalue weighted by molar-refractivity contribution is 5.76. The van der Waals surface area contributed by atoms with Gasteiger partial charge >= 0.3 is 0 Å². The first-order valence-electron chi connectivity index (χ1n) is 6.24. The van der Waals surface area contributed by atoms with Crippen LogP contribution in [-0.4, -0.2) is 28.3 Å². The Kier molecular flexibility index (Phi) is 3.78. The predicted molar refractivity (Wildman–Crippen MR) is 65.5 cm³/mol. The van der Waals surface area contributed by atoms with Crippen molar-refractivity contribution in [3.8, 4) is 0 Å². The van der Waals surface area contributed by atoms with Crippen molar-refractivity contribution in [1.82, 2.24) is 20.4 Å². The molecule has 1 aliphatic rings. The van der Waals surface area contributed by atoms with Gasteiger partial charge in [-0.2, -0.15) is 5.10 Å². The van der Waals surface area contributed by atoms with Gasteiger partial charge in [0.15, 0.2) is 0 Å². The van der Waals surface area contributed by atoms with Crippen molar-refractivity contribution >= 4 is 5.91 Å². The molecule has 0 bridgehead atoms. The molecule has 2 rings (SSSR count). The number of hydrogen-bond donors (Lipinski definition) is 2. The fourth-order valence-electron chi connectivity index (χ4n) is 2.10. The monoisotopic (exact) mass is 236 g/mol. The molecule has 2 N–H and O–H groups in total. The zero-order chi connectivity index (χ0) is 12.3. The molecule has 5 heteroatoms. The second-order valence-corrected chi connectivity index (χ2v) is 4.56. The van der Waals surface area contributed by atoms with Crippen LogP contribution in [0.15, 0.2) is 12.4 Å². The van der Waals surface area contributed by atoms with E-state index in [-0.39, 0.29) is 11.9 Å². The molecule has 2 heterocycles. The summed E-state index contributed by atoms with van der Waals surface area (Å²) in [5.41, 5.74) is 1.20. The summed E-state index contributed by atoms with van der Waals surface area (Å²) in [4.78, 5) is 11.1. The Morgan fingerprint density at radius 2 is 2.53 bits per heavy atom. The second-order valence-electron chi connectivity index (χ2n) is 4.56. The highest BCUT2D eigenvalue weighted by Crippen LogP contribution is 2.14. The van der Waals surface area contributed by atoms with E-state index < -0.39 is 0 Å². The Hall–Kier alpha value is -1.36. The number of rotatable bonds is 4. The maximum atomic E-state index is 11.1. The molecule has 1 aromatic rings. The zero-order valence-electron chi connectivity index (χ0n) is 10.4. The summed E-state index contributed by atoms with van der Waals surface area (Å²) in [6, 6.07) is 0.642. The fourth-order valence-corrected chi connectivity index (χ4v) is 2.10. The largest absolute Gasteiger partial charge is 0.355 e. The summed E-state index contributed by atoms with van der Waals surface area (Å²) in [7, 11) is 0. The van der Waals surface area contributed by atoms with Gasteiger partial charge in [0.1, 0.15) is 0 Å².